The molecule has 2 rings (SSSR count). The van der Waals surface area contributed by atoms with Crippen LogP contribution in [-0.4, -0.2) is 33.0 Å². The van der Waals surface area contributed by atoms with Gasteiger partial charge in [-0.3, -0.25) is 13.9 Å². The van der Waals surface area contributed by atoms with E-state index in [-0.39, 0.29) is 24.8 Å². The molecule has 0 saturated heterocycles. The zero-order chi connectivity index (χ0) is 20.7. The average Bonchev–Trinajstić information content (AvgIpc) is 2.57. The van der Waals surface area contributed by atoms with E-state index in [9.17, 15) is 18.0 Å². The summed E-state index contributed by atoms with van der Waals surface area (Å²) in [6.07, 6.45) is 1.58. The van der Waals surface area contributed by atoms with Gasteiger partial charge in [0.15, 0.2) is 0 Å². The van der Waals surface area contributed by atoms with Crippen LogP contribution in [0.25, 0.3) is 0 Å². The largest absolute Gasteiger partial charge is 0.326 e. The molecular formula is C19H22ClN3O4S. The third-order valence-corrected chi connectivity index (χ3v) is 5.16. The molecule has 2 amide bonds. The van der Waals surface area contributed by atoms with Crippen LogP contribution >= 0.6 is 11.6 Å². The van der Waals surface area contributed by atoms with Gasteiger partial charge in [0.25, 0.3) is 0 Å². The number of halogens is 1. The quantitative estimate of drug-likeness (QED) is 0.679. The molecule has 0 radical (unpaired) electrons. The minimum atomic E-state index is -3.51. The summed E-state index contributed by atoms with van der Waals surface area (Å²) in [5, 5.41) is 5.81. The Morgan fingerprint density at radius 2 is 1.68 bits per heavy atom. The van der Waals surface area contributed by atoms with Crippen LogP contribution in [0, 0.1) is 0 Å². The molecule has 0 aliphatic heterocycles. The topological polar surface area (TPSA) is 95.6 Å². The molecule has 0 aliphatic rings. The second-order valence-corrected chi connectivity index (χ2v) is 8.57. The highest BCUT2D eigenvalue weighted by molar-refractivity contribution is 7.92. The Labute approximate surface area is 169 Å². The van der Waals surface area contributed by atoms with E-state index < -0.39 is 10.0 Å². The predicted molar refractivity (Wildman–Crippen MR) is 112 cm³/mol. The lowest BCUT2D eigenvalue weighted by molar-refractivity contribution is -0.116. The molecule has 0 spiro atoms. The maximum absolute atomic E-state index is 12.2. The van der Waals surface area contributed by atoms with Crippen LogP contribution in [0.2, 0.25) is 5.02 Å². The highest BCUT2D eigenvalue weighted by Gasteiger charge is 2.18. The normalized spacial score (nSPS) is 11.0. The van der Waals surface area contributed by atoms with Gasteiger partial charge in [0.05, 0.1) is 11.9 Å². The van der Waals surface area contributed by atoms with Crippen LogP contribution in [0.5, 0.6) is 0 Å². The van der Waals surface area contributed by atoms with Gasteiger partial charge in [-0.05, 0) is 42.8 Å². The van der Waals surface area contributed by atoms with Crippen molar-refractivity contribution in [1.82, 2.24) is 0 Å². The van der Waals surface area contributed by atoms with E-state index in [1.54, 1.807) is 48.5 Å². The van der Waals surface area contributed by atoms with Crippen LogP contribution in [0.1, 0.15) is 19.8 Å². The number of benzene rings is 2. The second-order valence-electron chi connectivity index (χ2n) is 6.23. The van der Waals surface area contributed by atoms with E-state index in [2.05, 4.69) is 10.6 Å². The van der Waals surface area contributed by atoms with Gasteiger partial charge in [-0.2, -0.15) is 0 Å². The van der Waals surface area contributed by atoms with E-state index >= 15 is 0 Å². The number of hydrogen-bond acceptors (Lipinski definition) is 4. The SMILES string of the molecule is CC(=O)Nc1cccc(NC(=O)CCCN(c2cccc(Cl)c2)S(C)(=O)=O)c1. The molecule has 2 aromatic carbocycles. The smallest absolute Gasteiger partial charge is 0.232 e. The number of anilines is 3. The first-order chi connectivity index (χ1) is 13.1. The highest BCUT2D eigenvalue weighted by Crippen LogP contribution is 2.22. The van der Waals surface area contributed by atoms with Gasteiger partial charge in [-0.1, -0.05) is 23.7 Å². The van der Waals surface area contributed by atoms with Crippen molar-refractivity contribution in [3.63, 3.8) is 0 Å². The molecule has 0 atom stereocenters. The third kappa shape index (κ3) is 6.86. The summed E-state index contributed by atoms with van der Waals surface area (Å²) in [7, 11) is -3.51. The summed E-state index contributed by atoms with van der Waals surface area (Å²) in [5.41, 5.74) is 1.58. The van der Waals surface area contributed by atoms with Crippen LogP contribution in [0.4, 0.5) is 17.1 Å². The standard InChI is InChI=1S/C19H22ClN3O4S/c1-14(24)21-16-7-4-8-17(13-16)22-19(25)10-5-11-23(28(2,26)27)18-9-3-6-15(20)12-18/h3-4,6-9,12-13H,5,10-11H2,1-2H3,(H,21,24)(H,22,25). The summed E-state index contributed by atoms with van der Waals surface area (Å²) in [6.45, 7) is 1.55. The van der Waals surface area contributed by atoms with Crippen LogP contribution in [0.3, 0.4) is 0 Å². The lowest BCUT2D eigenvalue weighted by atomic mass is 10.2. The van der Waals surface area contributed by atoms with Crippen molar-refractivity contribution in [2.75, 3.05) is 27.7 Å². The Hall–Kier alpha value is -2.58. The van der Waals surface area contributed by atoms with E-state index in [0.29, 0.717) is 28.5 Å². The molecule has 2 aromatic rings. The maximum Gasteiger partial charge on any atom is 0.232 e. The predicted octanol–water partition coefficient (Wildman–Crippen LogP) is 3.48. The molecule has 9 heteroatoms. The summed E-state index contributed by atoms with van der Waals surface area (Å²) in [6, 6.07) is 13.3. The molecule has 7 nitrogen and oxygen atoms in total. The second kappa shape index (κ2) is 9.57. The Morgan fingerprint density at radius 1 is 1.04 bits per heavy atom. The fourth-order valence-electron chi connectivity index (χ4n) is 2.60. The molecule has 150 valence electrons. The lowest BCUT2D eigenvalue weighted by Gasteiger charge is -2.22. The fourth-order valence-corrected chi connectivity index (χ4v) is 3.74. The maximum atomic E-state index is 12.2. The van der Waals surface area contributed by atoms with E-state index in [0.717, 1.165) is 6.26 Å². The van der Waals surface area contributed by atoms with Crippen molar-refractivity contribution in [1.29, 1.82) is 0 Å². The first-order valence-electron chi connectivity index (χ1n) is 8.56. The number of nitrogens with zero attached hydrogens (tertiary/aromatic N) is 1. The summed E-state index contributed by atoms with van der Waals surface area (Å²) < 4.78 is 25.4. The van der Waals surface area contributed by atoms with Gasteiger partial charge in [0.2, 0.25) is 21.8 Å². The van der Waals surface area contributed by atoms with Crippen molar-refractivity contribution in [3.05, 3.63) is 53.6 Å². The van der Waals surface area contributed by atoms with Crippen LogP contribution < -0.4 is 14.9 Å². The minimum absolute atomic E-state index is 0.136. The lowest BCUT2D eigenvalue weighted by Crippen LogP contribution is -2.31. The molecule has 0 fully saturated rings. The molecule has 0 heterocycles. The molecule has 28 heavy (non-hydrogen) atoms. The van der Waals surface area contributed by atoms with Gasteiger partial charge in [0, 0.05) is 36.3 Å². The van der Waals surface area contributed by atoms with Crippen LogP contribution in [-0.2, 0) is 19.6 Å². The van der Waals surface area contributed by atoms with E-state index in [1.165, 1.54) is 11.2 Å². The Bertz CT molecular complexity index is 963. The van der Waals surface area contributed by atoms with Crippen molar-refractivity contribution in [2.24, 2.45) is 0 Å². The van der Waals surface area contributed by atoms with E-state index in [4.69, 9.17) is 11.6 Å². The van der Waals surface area contributed by atoms with Crippen LogP contribution in [0.15, 0.2) is 48.5 Å². The Balaban J connectivity index is 1.95. The third-order valence-electron chi connectivity index (χ3n) is 3.73. The number of hydrogen-bond donors (Lipinski definition) is 2. The van der Waals surface area contributed by atoms with Gasteiger partial charge in [-0.15, -0.1) is 0 Å². The number of sulfonamides is 1. The molecule has 0 bridgehead atoms. The van der Waals surface area contributed by atoms with Crippen molar-refractivity contribution in [3.8, 4) is 0 Å². The number of nitrogens with one attached hydrogen (secondary N) is 2. The molecule has 0 saturated carbocycles. The van der Waals surface area contributed by atoms with Gasteiger partial charge in [-0.25, -0.2) is 8.42 Å². The van der Waals surface area contributed by atoms with Crippen molar-refractivity contribution >= 4 is 50.5 Å². The highest BCUT2D eigenvalue weighted by atomic mass is 35.5. The zero-order valence-corrected chi connectivity index (χ0v) is 17.2. The first kappa shape index (κ1) is 21.7. The fraction of sp³-hybridized carbons (Fsp3) is 0.263. The Kier molecular flexibility index (Phi) is 7.42. The molecular weight excluding hydrogens is 402 g/mol. The molecule has 0 aromatic heterocycles. The van der Waals surface area contributed by atoms with Gasteiger partial charge in [0.1, 0.15) is 0 Å². The number of amides is 2. The molecule has 2 N–H and O–H groups in total. The molecule has 0 aliphatic carbocycles. The average molecular weight is 424 g/mol. The summed E-state index contributed by atoms with van der Waals surface area (Å²) in [4.78, 5) is 23.3. The zero-order valence-electron chi connectivity index (χ0n) is 15.6. The van der Waals surface area contributed by atoms with E-state index in [1.807, 2.05) is 0 Å². The van der Waals surface area contributed by atoms with Crippen molar-refractivity contribution in [2.45, 2.75) is 19.8 Å². The molecule has 0 unspecified atom stereocenters. The van der Waals surface area contributed by atoms with Gasteiger partial charge < -0.3 is 10.6 Å². The first-order valence-corrected chi connectivity index (χ1v) is 10.8. The summed E-state index contributed by atoms with van der Waals surface area (Å²) >= 11 is 5.95. The Morgan fingerprint density at radius 3 is 2.29 bits per heavy atom. The number of rotatable bonds is 8. The van der Waals surface area contributed by atoms with Gasteiger partial charge >= 0.3 is 0 Å². The summed E-state index contributed by atoms with van der Waals surface area (Å²) in [5.74, 6) is -0.454. The number of carbonyl (C=O) groups is 2. The monoisotopic (exact) mass is 423 g/mol. The van der Waals surface area contributed by atoms with Crippen molar-refractivity contribution < 1.29 is 18.0 Å². The minimum Gasteiger partial charge on any atom is -0.326 e. The number of carbonyl (C=O) groups excluding carboxylic acids is 2.